The van der Waals surface area contributed by atoms with Crippen LogP contribution in [0.2, 0.25) is 0 Å². The molecule has 12 nitrogen and oxygen atoms in total. The van der Waals surface area contributed by atoms with Crippen LogP contribution in [-0.2, 0) is 14.2 Å². The number of aryl methyl sites for hydroxylation is 1. The number of carboxylic acid groups (broad SMARTS) is 1. The molecule has 50 heavy (non-hydrogen) atoms. The molecule has 14 heteroatoms. The van der Waals surface area contributed by atoms with Crippen molar-refractivity contribution in [2.75, 3.05) is 38.1 Å². The number of Topliss-reactive ketones (excluding diaryl/α,β-unsaturated/α-hetero) is 1. The number of hydrogen-bond acceptors (Lipinski definition) is 13. The molecule has 1 spiro atoms. The second-order valence-electron chi connectivity index (χ2n) is 14.4. The fourth-order valence-corrected chi connectivity index (χ4v) is 11.6. The van der Waals surface area contributed by atoms with Gasteiger partial charge < -0.3 is 49.6 Å². The molecule has 0 bridgehead atoms. The molecule has 0 aromatic heterocycles. The lowest BCUT2D eigenvalue weighted by Gasteiger charge is -2.54. The maximum atomic E-state index is 12.4. The molecule has 276 valence electrons. The molecule has 2 aromatic rings. The van der Waals surface area contributed by atoms with Gasteiger partial charge in [-0.1, -0.05) is 40.5 Å². The minimum absolute atomic E-state index is 0.0406. The number of aromatic carboxylic acids is 1. The van der Waals surface area contributed by atoms with E-state index in [4.69, 9.17) is 18.9 Å². The van der Waals surface area contributed by atoms with E-state index in [9.17, 15) is 40.2 Å². The maximum absolute atomic E-state index is 12.4. The Kier molecular flexibility index (Phi) is 11.6. The molecule has 1 saturated carbocycles. The first-order valence-electron chi connectivity index (χ1n) is 17.4. The third-order valence-electron chi connectivity index (χ3n) is 11.5. The third-order valence-corrected chi connectivity index (χ3v) is 13.7. The molecular formula is C36H48O12S2. The van der Waals surface area contributed by atoms with E-state index >= 15 is 0 Å². The third kappa shape index (κ3) is 6.88. The second kappa shape index (κ2) is 15.5. The lowest BCUT2D eigenvalue weighted by Crippen LogP contribution is -2.69. The van der Waals surface area contributed by atoms with Crippen LogP contribution >= 0.6 is 21.6 Å². The van der Waals surface area contributed by atoms with Crippen molar-refractivity contribution >= 4 is 44.1 Å². The van der Waals surface area contributed by atoms with Crippen molar-refractivity contribution in [1.29, 1.82) is 0 Å². The van der Waals surface area contributed by atoms with Crippen LogP contribution in [0.5, 0.6) is 11.5 Å². The van der Waals surface area contributed by atoms with Gasteiger partial charge in [0, 0.05) is 24.4 Å². The number of carbonyl (C=O) groups is 2. The number of phenols is 1. The lowest BCUT2D eigenvalue weighted by atomic mass is 9.56. The van der Waals surface area contributed by atoms with Crippen LogP contribution in [0.3, 0.4) is 0 Å². The smallest absolute Gasteiger partial charge is 0.335 e. The summed E-state index contributed by atoms with van der Waals surface area (Å²) in [6.07, 6.45) is -0.408. The summed E-state index contributed by atoms with van der Waals surface area (Å²) < 4.78 is 25.0. The molecule has 0 amide bonds. The number of rotatable bonds is 8. The number of carbonyl (C=O) groups excluding carboxylic acids is 1. The summed E-state index contributed by atoms with van der Waals surface area (Å²) in [6.45, 7) is 3.81. The Morgan fingerprint density at radius 1 is 1.08 bits per heavy atom. The van der Waals surface area contributed by atoms with E-state index in [2.05, 4.69) is 0 Å². The van der Waals surface area contributed by atoms with Crippen LogP contribution in [0, 0.1) is 30.1 Å². The number of phenolic OH excluding ortho intramolecular Hbond substituents is 1. The van der Waals surface area contributed by atoms with Crippen molar-refractivity contribution in [3.8, 4) is 11.5 Å². The first-order chi connectivity index (χ1) is 24.0. The SMILES string of the molecule is CC(=O)c1c(C)cc2cc(C(=O)O)cc(O[C@H]3O[C@H](CO)[C@@]4(CC[C@H]5CCC[C@@H]6COC[C@](CCCO)(CSSCO4)[C@@H]56)[C@H](O)[C@H]3O)c2c1O. The van der Waals surface area contributed by atoms with Gasteiger partial charge in [-0.25, -0.2) is 4.79 Å². The van der Waals surface area contributed by atoms with E-state index in [0.29, 0.717) is 49.9 Å². The van der Waals surface area contributed by atoms with Gasteiger partial charge in [0.05, 0.1) is 29.7 Å². The average Bonchev–Trinajstić information content (AvgIpc) is 3.11. The van der Waals surface area contributed by atoms with Crippen LogP contribution < -0.4 is 4.74 Å². The van der Waals surface area contributed by atoms with Gasteiger partial charge >= 0.3 is 5.97 Å². The molecule has 1 aliphatic carbocycles. The highest BCUT2D eigenvalue weighted by Gasteiger charge is 2.59. The van der Waals surface area contributed by atoms with Crippen molar-refractivity contribution in [2.45, 2.75) is 89.0 Å². The monoisotopic (exact) mass is 736 g/mol. The number of benzene rings is 2. The number of hydrogen-bond donors (Lipinski definition) is 6. The van der Waals surface area contributed by atoms with E-state index in [0.717, 1.165) is 37.5 Å². The number of aliphatic hydroxyl groups is 4. The number of carboxylic acids is 1. The number of fused-ring (bicyclic) bond motifs is 1. The van der Waals surface area contributed by atoms with Crippen LogP contribution in [0.25, 0.3) is 10.8 Å². The minimum Gasteiger partial charge on any atom is -0.506 e. The van der Waals surface area contributed by atoms with E-state index in [1.54, 1.807) is 23.8 Å². The molecule has 3 saturated heterocycles. The molecule has 6 rings (SSSR count). The normalized spacial score (nSPS) is 34.9. The van der Waals surface area contributed by atoms with Gasteiger partial charge in [-0.15, -0.1) is 0 Å². The number of aliphatic hydroxyl groups excluding tert-OH is 4. The lowest BCUT2D eigenvalue weighted by molar-refractivity contribution is -0.323. The largest absolute Gasteiger partial charge is 0.506 e. The highest BCUT2D eigenvalue weighted by Crippen LogP contribution is 2.56. The standard InChI is InChI=1S/C36H48O12S2/c1-19-11-23-12-24(33(43)44)13-25(28(23)30(40)27(19)20(2)39)47-34-31(41)32(42)36(26(14-38)48-34)9-7-21-5-3-6-22-15-45-16-35(29(21)22,8-4-10-37)17-49-50-18-46-36/h11-13,21-22,26,29,31-32,34,37-38,40-42H,3-10,14-18H2,1-2H3,(H,43,44)/t21-,22-,26-,29+,31-,32-,34+,35-,36+/m1/s1. The maximum Gasteiger partial charge on any atom is 0.335 e. The molecular weight excluding hydrogens is 689 g/mol. The minimum atomic E-state index is -1.70. The van der Waals surface area contributed by atoms with Gasteiger partial charge in [0.2, 0.25) is 6.29 Å². The Balaban J connectivity index is 1.33. The zero-order valence-corrected chi connectivity index (χ0v) is 30.0. The number of ether oxygens (including phenoxy) is 4. The predicted molar refractivity (Wildman–Crippen MR) is 188 cm³/mol. The molecule has 9 atom stereocenters. The predicted octanol–water partition coefficient (Wildman–Crippen LogP) is 4.28. The first-order valence-corrected chi connectivity index (χ1v) is 19.9. The number of aromatic hydroxyl groups is 1. The van der Waals surface area contributed by atoms with E-state index in [1.165, 1.54) is 23.8 Å². The summed E-state index contributed by atoms with van der Waals surface area (Å²) in [7, 11) is 3.15. The zero-order chi connectivity index (χ0) is 35.8. The summed E-state index contributed by atoms with van der Waals surface area (Å²) in [5, 5.41) is 65.5. The Labute approximate surface area is 299 Å². The van der Waals surface area contributed by atoms with Crippen molar-refractivity contribution in [3.63, 3.8) is 0 Å². The highest BCUT2D eigenvalue weighted by molar-refractivity contribution is 8.76. The van der Waals surface area contributed by atoms with Crippen molar-refractivity contribution in [3.05, 3.63) is 34.9 Å². The van der Waals surface area contributed by atoms with Gasteiger partial charge in [0.15, 0.2) is 5.78 Å². The van der Waals surface area contributed by atoms with Crippen LogP contribution in [0.1, 0.15) is 78.1 Å². The quantitative estimate of drug-likeness (QED) is 0.166. The van der Waals surface area contributed by atoms with E-state index < -0.39 is 54.3 Å². The van der Waals surface area contributed by atoms with Crippen molar-refractivity contribution in [2.24, 2.45) is 23.2 Å². The Morgan fingerprint density at radius 2 is 1.86 bits per heavy atom. The fourth-order valence-electron chi connectivity index (χ4n) is 9.27. The molecule has 4 aliphatic rings. The summed E-state index contributed by atoms with van der Waals surface area (Å²) in [5.41, 5.74) is -1.29. The van der Waals surface area contributed by atoms with Crippen LogP contribution in [0.15, 0.2) is 18.2 Å². The summed E-state index contributed by atoms with van der Waals surface area (Å²) in [4.78, 5) is 24.5. The van der Waals surface area contributed by atoms with Crippen LogP contribution in [0.4, 0.5) is 0 Å². The van der Waals surface area contributed by atoms with Gasteiger partial charge in [-0.2, -0.15) is 0 Å². The van der Waals surface area contributed by atoms with E-state index in [-0.39, 0.29) is 51.5 Å². The molecule has 0 unspecified atom stereocenters. The summed E-state index contributed by atoms with van der Waals surface area (Å²) >= 11 is 0. The van der Waals surface area contributed by atoms with Crippen molar-refractivity contribution < 1.29 is 59.2 Å². The van der Waals surface area contributed by atoms with Crippen LogP contribution in [-0.4, -0.2) is 111 Å². The second-order valence-corrected chi connectivity index (χ2v) is 16.8. The Hall–Kier alpha value is -2.14. The molecule has 6 N–H and O–H groups in total. The average molecular weight is 737 g/mol. The summed E-state index contributed by atoms with van der Waals surface area (Å²) in [5.74, 6) is -0.284. The molecule has 4 fully saturated rings. The molecule has 3 aliphatic heterocycles. The molecule has 2 aromatic carbocycles. The Bertz CT molecular complexity index is 1570. The van der Waals surface area contributed by atoms with Gasteiger partial charge in [0.1, 0.15) is 41.4 Å². The molecule has 3 heterocycles. The first kappa shape index (κ1) is 37.6. The van der Waals surface area contributed by atoms with E-state index in [1.807, 2.05) is 0 Å². The van der Waals surface area contributed by atoms with Gasteiger partial charge in [-0.05, 0) is 86.8 Å². The zero-order valence-electron chi connectivity index (χ0n) is 28.4. The van der Waals surface area contributed by atoms with Gasteiger partial charge in [-0.3, -0.25) is 4.79 Å². The van der Waals surface area contributed by atoms with Gasteiger partial charge in [0.25, 0.3) is 0 Å². The highest BCUT2D eigenvalue weighted by atomic mass is 33.1. The Morgan fingerprint density at radius 3 is 2.58 bits per heavy atom. The fraction of sp³-hybridized carbons (Fsp3) is 0.667. The van der Waals surface area contributed by atoms with Crippen molar-refractivity contribution in [1.82, 2.24) is 0 Å². The summed E-state index contributed by atoms with van der Waals surface area (Å²) in [6, 6.07) is 4.08. The molecule has 0 radical (unpaired) electrons. The topological polar surface area (TPSA) is 192 Å². The number of ketones is 1.